The molecule has 0 spiro atoms. The molecule has 0 unspecified atom stereocenters. The second-order valence-corrected chi connectivity index (χ2v) is 4.80. The SMILES string of the molecule is Clc1ccc(-c2ccc(OCCBr)cc2)cc1. The summed E-state index contributed by atoms with van der Waals surface area (Å²) in [7, 11) is 0. The largest absolute Gasteiger partial charge is 0.493 e. The zero-order valence-corrected chi connectivity index (χ0v) is 11.5. The first kappa shape index (κ1) is 12.5. The van der Waals surface area contributed by atoms with Gasteiger partial charge in [-0.2, -0.15) is 0 Å². The first-order valence-corrected chi connectivity index (χ1v) is 6.84. The summed E-state index contributed by atoms with van der Waals surface area (Å²) in [5.74, 6) is 0.891. The van der Waals surface area contributed by atoms with E-state index < -0.39 is 0 Å². The third kappa shape index (κ3) is 3.48. The molecule has 0 saturated carbocycles. The van der Waals surface area contributed by atoms with E-state index in [9.17, 15) is 0 Å². The van der Waals surface area contributed by atoms with Crippen LogP contribution >= 0.6 is 27.5 Å². The number of hydrogen-bond donors (Lipinski definition) is 0. The van der Waals surface area contributed by atoms with Gasteiger partial charge in [0.25, 0.3) is 0 Å². The zero-order chi connectivity index (χ0) is 12.1. The maximum absolute atomic E-state index is 5.86. The van der Waals surface area contributed by atoms with Gasteiger partial charge in [-0.15, -0.1) is 0 Å². The van der Waals surface area contributed by atoms with Gasteiger partial charge in [0.2, 0.25) is 0 Å². The summed E-state index contributed by atoms with van der Waals surface area (Å²) in [6, 6.07) is 15.9. The standard InChI is InChI=1S/C14H12BrClO/c15-9-10-17-14-7-3-12(4-8-14)11-1-5-13(16)6-2-11/h1-8H,9-10H2. The molecule has 0 aromatic heterocycles. The Labute approximate surface area is 115 Å². The van der Waals surface area contributed by atoms with Crippen LogP contribution in [0.3, 0.4) is 0 Å². The Balaban J connectivity index is 2.14. The molecule has 0 bridgehead atoms. The first-order chi connectivity index (χ1) is 8.29. The van der Waals surface area contributed by atoms with E-state index in [1.807, 2.05) is 48.5 Å². The van der Waals surface area contributed by atoms with Gasteiger partial charge < -0.3 is 4.74 Å². The minimum absolute atomic E-state index is 0.681. The van der Waals surface area contributed by atoms with Crippen LogP contribution in [0.1, 0.15) is 0 Å². The monoisotopic (exact) mass is 310 g/mol. The zero-order valence-electron chi connectivity index (χ0n) is 9.20. The summed E-state index contributed by atoms with van der Waals surface area (Å²) in [4.78, 5) is 0. The van der Waals surface area contributed by atoms with Crippen LogP contribution in [0.2, 0.25) is 5.02 Å². The Morgan fingerprint density at radius 3 is 1.94 bits per heavy atom. The second-order valence-electron chi connectivity index (χ2n) is 3.57. The van der Waals surface area contributed by atoms with Gasteiger partial charge in [-0.25, -0.2) is 0 Å². The molecule has 2 aromatic rings. The predicted octanol–water partition coefficient (Wildman–Crippen LogP) is 4.78. The van der Waals surface area contributed by atoms with Crippen molar-refractivity contribution in [2.24, 2.45) is 0 Å². The molecule has 1 nitrogen and oxygen atoms in total. The average molecular weight is 312 g/mol. The van der Waals surface area contributed by atoms with Crippen LogP contribution in [0.25, 0.3) is 11.1 Å². The fraction of sp³-hybridized carbons (Fsp3) is 0.143. The normalized spacial score (nSPS) is 10.2. The maximum atomic E-state index is 5.86. The molecule has 0 aliphatic heterocycles. The van der Waals surface area contributed by atoms with Gasteiger partial charge in [0.1, 0.15) is 5.75 Å². The number of alkyl halides is 1. The van der Waals surface area contributed by atoms with Crippen LogP contribution in [0, 0.1) is 0 Å². The van der Waals surface area contributed by atoms with Crippen LogP contribution in [-0.4, -0.2) is 11.9 Å². The number of halogens is 2. The van der Waals surface area contributed by atoms with E-state index >= 15 is 0 Å². The number of ether oxygens (including phenoxy) is 1. The fourth-order valence-electron chi connectivity index (χ4n) is 1.54. The van der Waals surface area contributed by atoms with Crippen LogP contribution in [0.15, 0.2) is 48.5 Å². The quantitative estimate of drug-likeness (QED) is 0.738. The van der Waals surface area contributed by atoms with Gasteiger partial charge in [-0.3, -0.25) is 0 Å². The lowest BCUT2D eigenvalue weighted by molar-refractivity contribution is 0.345. The highest BCUT2D eigenvalue weighted by Crippen LogP contribution is 2.23. The van der Waals surface area contributed by atoms with Gasteiger partial charge in [-0.1, -0.05) is 51.8 Å². The fourth-order valence-corrected chi connectivity index (χ4v) is 1.83. The number of benzene rings is 2. The molecule has 0 aliphatic rings. The average Bonchev–Trinajstić information content (AvgIpc) is 2.38. The van der Waals surface area contributed by atoms with E-state index in [0.29, 0.717) is 6.61 Å². The third-order valence-corrected chi connectivity index (χ3v) is 2.95. The van der Waals surface area contributed by atoms with Crippen molar-refractivity contribution < 1.29 is 4.74 Å². The minimum Gasteiger partial charge on any atom is -0.493 e. The molecule has 88 valence electrons. The minimum atomic E-state index is 0.681. The molecular formula is C14H12BrClO. The molecule has 0 fully saturated rings. The van der Waals surface area contributed by atoms with E-state index in [4.69, 9.17) is 16.3 Å². The summed E-state index contributed by atoms with van der Waals surface area (Å²) >= 11 is 9.18. The van der Waals surface area contributed by atoms with Crippen molar-refractivity contribution in [1.29, 1.82) is 0 Å². The lowest BCUT2D eigenvalue weighted by Crippen LogP contribution is -1.97. The Hall–Kier alpha value is -0.990. The van der Waals surface area contributed by atoms with Crippen LogP contribution in [-0.2, 0) is 0 Å². The lowest BCUT2D eigenvalue weighted by Gasteiger charge is -2.06. The maximum Gasteiger partial charge on any atom is 0.119 e. The summed E-state index contributed by atoms with van der Waals surface area (Å²) in [5.41, 5.74) is 2.31. The number of hydrogen-bond acceptors (Lipinski definition) is 1. The molecule has 3 heteroatoms. The van der Waals surface area contributed by atoms with Crippen LogP contribution in [0.5, 0.6) is 5.75 Å². The predicted molar refractivity (Wildman–Crippen MR) is 76.2 cm³/mol. The van der Waals surface area contributed by atoms with E-state index in [1.54, 1.807) is 0 Å². The molecule has 0 aliphatic carbocycles. The first-order valence-electron chi connectivity index (χ1n) is 5.34. The smallest absolute Gasteiger partial charge is 0.119 e. The highest BCUT2D eigenvalue weighted by molar-refractivity contribution is 9.09. The summed E-state index contributed by atoms with van der Waals surface area (Å²) in [5, 5.41) is 1.59. The van der Waals surface area contributed by atoms with Gasteiger partial charge >= 0.3 is 0 Å². The molecule has 0 radical (unpaired) electrons. The Kier molecular flexibility index (Phi) is 4.46. The summed E-state index contributed by atoms with van der Waals surface area (Å²) in [6.45, 7) is 0.681. The van der Waals surface area contributed by atoms with Gasteiger partial charge in [-0.05, 0) is 35.4 Å². The Morgan fingerprint density at radius 1 is 0.882 bits per heavy atom. The van der Waals surface area contributed by atoms with Crippen molar-refractivity contribution in [3.05, 3.63) is 53.6 Å². The van der Waals surface area contributed by atoms with E-state index in [0.717, 1.165) is 27.2 Å². The molecule has 0 heterocycles. The van der Waals surface area contributed by atoms with Gasteiger partial charge in [0, 0.05) is 10.4 Å². The van der Waals surface area contributed by atoms with Crippen molar-refractivity contribution in [2.45, 2.75) is 0 Å². The van der Waals surface area contributed by atoms with Gasteiger partial charge in [0.15, 0.2) is 0 Å². The van der Waals surface area contributed by atoms with E-state index in [1.165, 1.54) is 0 Å². The van der Waals surface area contributed by atoms with Crippen LogP contribution < -0.4 is 4.74 Å². The Bertz CT molecular complexity index is 465. The van der Waals surface area contributed by atoms with Crippen molar-refractivity contribution in [1.82, 2.24) is 0 Å². The van der Waals surface area contributed by atoms with Gasteiger partial charge in [0.05, 0.1) is 6.61 Å². The highest BCUT2D eigenvalue weighted by atomic mass is 79.9. The number of rotatable bonds is 4. The molecular weight excluding hydrogens is 300 g/mol. The molecule has 0 saturated heterocycles. The highest BCUT2D eigenvalue weighted by Gasteiger charge is 1.98. The topological polar surface area (TPSA) is 9.23 Å². The van der Waals surface area contributed by atoms with Crippen molar-refractivity contribution in [3.63, 3.8) is 0 Å². The molecule has 0 atom stereocenters. The van der Waals surface area contributed by atoms with Crippen molar-refractivity contribution in [2.75, 3.05) is 11.9 Å². The van der Waals surface area contributed by atoms with Crippen LogP contribution in [0.4, 0.5) is 0 Å². The summed E-state index contributed by atoms with van der Waals surface area (Å²) < 4.78 is 5.50. The molecule has 2 aromatic carbocycles. The Morgan fingerprint density at radius 2 is 1.41 bits per heavy atom. The third-order valence-electron chi connectivity index (χ3n) is 2.38. The summed E-state index contributed by atoms with van der Waals surface area (Å²) in [6.07, 6.45) is 0. The molecule has 0 amide bonds. The lowest BCUT2D eigenvalue weighted by atomic mass is 10.1. The van der Waals surface area contributed by atoms with Crippen molar-refractivity contribution >= 4 is 27.5 Å². The van der Waals surface area contributed by atoms with Crippen molar-refractivity contribution in [3.8, 4) is 16.9 Å². The molecule has 2 rings (SSSR count). The van der Waals surface area contributed by atoms with E-state index in [2.05, 4.69) is 15.9 Å². The molecule has 17 heavy (non-hydrogen) atoms. The van der Waals surface area contributed by atoms with E-state index in [-0.39, 0.29) is 0 Å². The second kappa shape index (κ2) is 6.08. The molecule has 0 N–H and O–H groups in total.